The molecule has 0 radical (unpaired) electrons. The fourth-order valence-electron chi connectivity index (χ4n) is 3.82. The molecule has 2 amide bonds. The summed E-state index contributed by atoms with van der Waals surface area (Å²) in [4.78, 5) is 49.1. The summed E-state index contributed by atoms with van der Waals surface area (Å²) in [6.07, 6.45) is -1.38. The molecule has 0 bridgehead atoms. The number of hydrogen-bond acceptors (Lipinski definition) is 7. The quantitative estimate of drug-likeness (QED) is 0.403. The molecule has 1 aromatic heterocycles. The maximum absolute atomic E-state index is 13.2. The molecule has 178 valence electrons. The molecule has 2 N–H and O–H groups in total. The van der Waals surface area contributed by atoms with Crippen LogP contribution in [0.5, 0.6) is 0 Å². The molecule has 0 aromatic carbocycles. The van der Waals surface area contributed by atoms with Gasteiger partial charge in [0.05, 0.1) is 10.7 Å². The zero-order valence-electron chi connectivity index (χ0n) is 17.2. The first-order valence-corrected chi connectivity index (χ1v) is 11.4. The molecule has 4 rings (SSSR count). The molecule has 2 aliphatic heterocycles. The number of nitrogens with zero attached hydrogens (tertiary/aromatic N) is 3. The molecule has 1 aliphatic carbocycles. The van der Waals surface area contributed by atoms with Crippen molar-refractivity contribution in [2.45, 2.75) is 50.1 Å². The number of carboxylic acid groups (broad SMARTS) is 1. The molecule has 3 heterocycles. The summed E-state index contributed by atoms with van der Waals surface area (Å²) in [6.45, 7) is 0.526. The number of alkyl halides is 2. The van der Waals surface area contributed by atoms with Gasteiger partial charge in [-0.1, -0.05) is 11.6 Å². The van der Waals surface area contributed by atoms with Gasteiger partial charge in [0.2, 0.25) is 5.91 Å². The van der Waals surface area contributed by atoms with E-state index in [0.29, 0.717) is 5.69 Å². The summed E-state index contributed by atoms with van der Waals surface area (Å²) >= 11 is 7.27. The fraction of sp³-hybridized carbons (Fsp3) is 0.526. The van der Waals surface area contributed by atoms with Crippen LogP contribution in [0.15, 0.2) is 11.3 Å². The van der Waals surface area contributed by atoms with Gasteiger partial charge in [-0.2, -0.15) is 5.10 Å². The fourth-order valence-corrected chi connectivity index (χ4v) is 5.52. The van der Waals surface area contributed by atoms with Gasteiger partial charge in [0.1, 0.15) is 36.0 Å². The Morgan fingerprint density at radius 3 is 2.64 bits per heavy atom. The Balaban J connectivity index is 1.46. The molecule has 1 saturated carbocycles. The highest BCUT2D eigenvalue weighted by Crippen LogP contribution is 2.45. The molecule has 33 heavy (non-hydrogen) atoms. The third kappa shape index (κ3) is 4.43. The second kappa shape index (κ2) is 8.93. The van der Waals surface area contributed by atoms with Crippen molar-refractivity contribution in [2.75, 3.05) is 12.4 Å². The minimum absolute atomic E-state index is 0.0427. The molecule has 1 saturated heterocycles. The molecular formula is C19H19ClF2N4O6S. The number of β-lactam (4-membered cyclic amide) rings is 1. The largest absolute Gasteiger partial charge is 0.477 e. The van der Waals surface area contributed by atoms with Gasteiger partial charge in [0.15, 0.2) is 0 Å². The van der Waals surface area contributed by atoms with Crippen LogP contribution in [0.25, 0.3) is 0 Å². The number of aromatic nitrogens is 2. The van der Waals surface area contributed by atoms with Crippen LogP contribution in [0, 0.1) is 0 Å². The van der Waals surface area contributed by atoms with E-state index in [0.717, 1.165) is 22.4 Å². The number of halogens is 3. The van der Waals surface area contributed by atoms with Gasteiger partial charge >= 0.3 is 11.9 Å². The van der Waals surface area contributed by atoms with Gasteiger partial charge < -0.3 is 15.2 Å². The number of carboxylic acids is 1. The monoisotopic (exact) mass is 504 g/mol. The molecule has 0 unspecified atom stereocenters. The van der Waals surface area contributed by atoms with Crippen molar-refractivity contribution in [3.63, 3.8) is 0 Å². The minimum Gasteiger partial charge on any atom is -0.477 e. The predicted octanol–water partition coefficient (Wildman–Crippen LogP) is 1.65. The van der Waals surface area contributed by atoms with Crippen molar-refractivity contribution in [3.05, 3.63) is 27.7 Å². The summed E-state index contributed by atoms with van der Waals surface area (Å²) < 4.78 is 32.4. The van der Waals surface area contributed by atoms with E-state index in [2.05, 4.69) is 10.4 Å². The van der Waals surface area contributed by atoms with Crippen LogP contribution in [-0.2, 0) is 30.5 Å². The molecule has 14 heteroatoms. The maximum atomic E-state index is 13.2. The Morgan fingerprint density at radius 1 is 1.36 bits per heavy atom. The number of fused-ring (bicyclic) bond motifs is 1. The lowest BCUT2D eigenvalue weighted by Gasteiger charge is -2.49. The van der Waals surface area contributed by atoms with Gasteiger partial charge in [0, 0.05) is 24.2 Å². The van der Waals surface area contributed by atoms with E-state index < -0.39 is 53.8 Å². The first kappa shape index (κ1) is 23.5. The van der Waals surface area contributed by atoms with Crippen LogP contribution in [0.3, 0.4) is 0 Å². The Hall–Kier alpha value is -2.67. The first-order chi connectivity index (χ1) is 15.6. The molecule has 10 nitrogen and oxygen atoms in total. The average molecular weight is 505 g/mol. The van der Waals surface area contributed by atoms with E-state index in [1.807, 2.05) is 0 Å². The number of hydrogen-bond donors (Lipinski definition) is 2. The van der Waals surface area contributed by atoms with Crippen molar-refractivity contribution in [2.24, 2.45) is 0 Å². The summed E-state index contributed by atoms with van der Waals surface area (Å²) in [5, 5.41) is 15.1. The van der Waals surface area contributed by atoms with Crippen LogP contribution in [-0.4, -0.2) is 67.3 Å². The lowest BCUT2D eigenvalue weighted by molar-refractivity contribution is -0.151. The van der Waals surface area contributed by atoms with Gasteiger partial charge in [-0.3, -0.25) is 24.0 Å². The number of carbonyl (C=O) groups excluding carboxylic acids is 3. The Kier molecular flexibility index (Phi) is 6.36. The number of amides is 2. The van der Waals surface area contributed by atoms with E-state index in [9.17, 15) is 33.1 Å². The Morgan fingerprint density at radius 2 is 2.06 bits per heavy atom. The van der Waals surface area contributed by atoms with Gasteiger partial charge in [-0.15, -0.1) is 11.8 Å². The number of ether oxygens (including phenoxy) is 1. The molecule has 2 fully saturated rings. The van der Waals surface area contributed by atoms with Crippen molar-refractivity contribution < 1.29 is 37.8 Å². The van der Waals surface area contributed by atoms with Crippen LogP contribution >= 0.6 is 23.4 Å². The first-order valence-electron chi connectivity index (χ1n) is 9.97. The van der Waals surface area contributed by atoms with E-state index in [1.165, 1.54) is 18.7 Å². The van der Waals surface area contributed by atoms with E-state index in [4.69, 9.17) is 16.3 Å². The highest BCUT2D eigenvalue weighted by atomic mass is 35.5. The van der Waals surface area contributed by atoms with Gasteiger partial charge in [-0.25, -0.2) is 13.6 Å². The maximum Gasteiger partial charge on any atom is 0.352 e. The Labute approximate surface area is 195 Å². The number of carbonyl (C=O) groups is 4. The second-order valence-electron chi connectivity index (χ2n) is 7.81. The van der Waals surface area contributed by atoms with Crippen LogP contribution < -0.4 is 5.32 Å². The smallest absolute Gasteiger partial charge is 0.352 e. The zero-order valence-corrected chi connectivity index (χ0v) is 18.8. The highest BCUT2D eigenvalue weighted by Gasteiger charge is 2.54. The lowest BCUT2D eigenvalue weighted by Crippen LogP contribution is -2.70. The van der Waals surface area contributed by atoms with Crippen molar-refractivity contribution in [3.8, 4) is 0 Å². The second-order valence-corrected chi connectivity index (χ2v) is 9.29. The third-order valence-corrected chi connectivity index (χ3v) is 7.16. The normalized spacial score (nSPS) is 22.2. The number of nitrogens with one attached hydrogen (secondary N) is 1. The van der Waals surface area contributed by atoms with Crippen molar-refractivity contribution >= 4 is 47.1 Å². The number of rotatable bonds is 8. The summed E-state index contributed by atoms with van der Waals surface area (Å²) in [7, 11) is 0. The molecule has 3 aliphatic rings. The van der Waals surface area contributed by atoms with Gasteiger partial charge in [-0.05, 0) is 12.8 Å². The van der Waals surface area contributed by atoms with Crippen LogP contribution in [0.2, 0.25) is 5.02 Å². The summed E-state index contributed by atoms with van der Waals surface area (Å²) in [5.41, 5.74) is -0.206. The lowest BCUT2D eigenvalue weighted by atomic mass is 10.0. The SMILES string of the molecule is CC(=O)OCC1=C(C(=O)O)N2C(=O)[C@@H](NC(=O)Cn3nc(C(F)F)c(Cl)c3C3CC3)[C@@H]2SC1. The average Bonchev–Trinajstić information content (AvgIpc) is 3.52. The zero-order chi connectivity index (χ0) is 24.0. The standard InChI is InChI=1S/C19H19ClF2N4O6S/c1-7(27)32-5-9-6-33-18-13(17(29)26(18)15(9)19(30)31)23-10(28)4-25-14(8-2-3-8)11(20)12(24-25)16(21)22/h8,13,16,18H,2-6H2,1H3,(H,23,28)(H,30,31)/t13-,18+/m1/s1. The van der Waals surface area contributed by atoms with Crippen LogP contribution in [0.4, 0.5) is 8.78 Å². The molecule has 0 spiro atoms. The van der Waals surface area contributed by atoms with E-state index in [1.54, 1.807) is 0 Å². The minimum atomic E-state index is -2.89. The molecule has 2 atom stereocenters. The van der Waals surface area contributed by atoms with Crippen molar-refractivity contribution in [1.82, 2.24) is 20.0 Å². The summed E-state index contributed by atoms with van der Waals surface area (Å²) in [5.74, 6) is -3.05. The third-order valence-electron chi connectivity index (χ3n) is 5.44. The van der Waals surface area contributed by atoms with Crippen LogP contribution in [0.1, 0.15) is 43.5 Å². The molecule has 1 aromatic rings. The number of aliphatic carboxylic acids is 1. The van der Waals surface area contributed by atoms with E-state index >= 15 is 0 Å². The molecular weight excluding hydrogens is 486 g/mol. The van der Waals surface area contributed by atoms with E-state index in [-0.39, 0.29) is 34.6 Å². The highest BCUT2D eigenvalue weighted by molar-refractivity contribution is 8.00. The summed E-state index contributed by atoms with van der Waals surface area (Å²) in [6, 6.07) is -0.989. The van der Waals surface area contributed by atoms with Gasteiger partial charge in [0.25, 0.3) is 12.3 Å². The topological polar surface area (TPSA) is 131 Å². The number of thioether (sulfide) groups is 1. The number of esters is 1. The predicted molar refractivity (Wildman–Crippen MR) is 110 cm³/mol. The van der Waals surface area contributed by atoms with Crippen molar-refractivity contribution in [1.29, 1.82) is 0 Å². The Bertz CT molecular complexity index is 1070.